The molecule has 14 heteroatoms. The van der Waals surface area contributed by atoms with E-state index in [0.717, 1.165) is 9.80 Å². The third kappa shape index (κ3) is 4.88. The maximum absolute atomic E-state index is 14.7. The van der Waals surface area contributed by atoms with Crippen molar-refractivity contribution in [2.24, 2.45) is 0 Å². The lowest BCUT2D eigenvalue weighted by atomic mass is 9.81. The topological polar surface area (TPSA) is 183 Å². The normalized spacial score (nSPS) is 16.3. The van der Waals surface area contributed by atoms with Gasteiger partial charge >= 0.3 is 0 Å². The van der Waals surface area contributed by atoms with Crippen molar-refractivity contribution in [3.8, 4) is 6.07 Å². The Morgan fingerprint density at radius 2 is 1.02 bits per heavy atom. The molecule has 4 aliphatic rings. The van der Waals surface area contributed by atoms with Crippen molar-refractivity contribution >= 4 is 74.5 Å². The van der Waals surface area contributed by atoms with E-state index in [1.54, 1.807) is 39.8 Å². The number of amides is 8. The number of hydrogen-bond acceptors (Lipinski definition) is 10. The van der Waals surface area contributed by atoms with Gasteiger partial charge in [0, 0.05) is 51.8 Å². The zero-order chi connectivity index (χ0) is 41.9. The molecule has 14 nitrogen and oxygen atoms in total. The van der Waals surface area contributed by atoms with Crippen molar-refractivity contribution in [2.45, 2.75) is 53.0 Å². The molecule has 0 saturated carbocycles. The molecule has 4 aliphatic heterocycles. The fourth-order valence-corrected chi connectivity index (χ4v) is 9.26. The molecule has 0 bridgehead atoms. The number of unbranched alkanes of at least 4 members (excludes halogenated alkanes) is 1. The number of hydrazine groups is 1. The molecule has 4 heterocycles. The van der Waals surface area contributed by atoms with E-state index in [-0.39, 0.29) is 84.6 Å². The van der Waals surface area contributed by atoms with Crippen molar-refractivity contribution in [1.29, 1.82) is 5.26 Å². The maximum Gasteiger partial charge on any atom is 0.281 e. The largest absolute Gasteiger partial charge is 0.383 e. The highest BCUT2D eigenvalue weighted by molar-refractivity contribution is 6.41. The van der Waals surface area contributed by atoms with Gasteiger partial charge in [-0.05, 0) is 99.2 Å². The van der Waals surface area contributed by atoms with E-state index >= 15 is 0 Å². The molecular formula is C45H33N5O9. The van der Waals surface area contributed by atoms with Crippen LogP contribution in [-0.2, 0) is 4.74 Å². The van der Waals surface area contributed by atoms with Crippen LogP contribution < -0.4 is 4.90 Å². The minimum Gasteiger partial charge on any atom is -0.383 e. The fraction of sp³-hybridized carbons (Fsp3) is 0.222. The van der Waals surface area contributed by atoms with Gasteiger partial charge in [-0.3, -0.25) is 43.3 Å². The Labute approximate surface area is 336 Å². The second-order valence-electron chi connectivity index (χ2n) is 15.2. The SMILES string of the molecule is COCC(CCCC#N)N1C(=O)c2ccc3c4c(ccc(c24)C1=O)C(=O)N(N1C(=O)c2cc(C)c4c5c(cc(C)c(c25)C1=O)C(=O)N(c1c(C)cccc1C)C4=O)C3=O. The van der Waals surface area contributed by atoms with Gasteiger partial charge in [0.2, 0.25) is 0 Å². The summed E-state index contributed by atoms with van der Waals surface area (Å²) < 4.78 is 5.32. The molecular weight excluding hydrogens is 755 g/mol. The number of rotatable bonds is 8. The number of nitriles is 1. The summed E-state index contributed by atoms with van der Waals surface area (Å²) in [4.78, 5) is 117. The van der Waals surface area contributed by atoms with Gasteiger partial charge < -0.3 is 4.74 Å². The second kappa shape index (κ2) is 13.1. The minimum absolute atomic E-state index is 0.0258. The van der Waals surface area contributed by atoms with Crippen molar-refractivity contribution in [3.05, 3.63) is 121 Å². The van der Waals surface area contributed by atoms with E-state index in [1.165, 1.54) is 43.5 Å². The number of hydrogen-bond donors (Lipinski definition) is 0. The van der Waals surface area contributed by atoms with Crippen molar-refractivity contribution in [3.63, 3.8) is 0 Å². The van der Waals surface area contributed by atoms with E-state index < -0.39 is 53.3 Å². The number of imide groups is 4. The molecule has 292 valence electrons. The van der Waals surface area contributed by atoms with Gasteiger partial charge in [-0.25, -0.2) is 4.90 Å². The zero-order valence-electron chi connectivity index (χ0n) is 32.5. The number of ether oxygens (including phenoxy) is 1. The Balaban J connectivity index is 1.14. The van der Waals surface area contributed by atoms with Gasteiger partial charge in [0.15, 0.2) is 0 Å². The molecule has 0 fully saturated rings. The molecule has 0 saturated heterocycles. The lowest BCUT2D eigenvalue weighted by Crippen LogP contribution is -2.58. The number of aryl methyl sites for hydroxylation is 4. The highest BCUT2D eigenvalue weighted by Gasteiger charge is 2.50. The van der Waals surface area contributed by atoms with Gasteiger partial charge in [-0.15, -0.1) is 0 Å². The van der Waals surface area contributed by atoms with Crippen LogP contribution in [0, 0.1) is 39.0 Å². The number of methoxy groups -OCH3 is 1. The first-order chi connectivity index (χ1) is 28.2. The van der Waals surface area contributed by atoms with Crippen LogP contribution in [0.2, 0.25) is 0 Å². The van der Waals surface area contributed by atoms with E-state index in [0.29, 0.717) is 45.2 Å². The maximum atomic E-state index is 14.7. The van der Waals surface area contributed by atoms with Gasteiger partial charge in [0.05, 0.1) is 52.2 Å². The predicted octanol–water partition coefficient (Wildman–Crippen LogP) is 6.14. The molecule has 0 N–H and O–H groups in total. The summed E-state index contributed by atoms with van der Waals surface area (Å²) in [5.74, 6) is -6.69. The van der Waals surface area contributed by atoms with Gasteiger partial charge in [-0.2, -0.15) is 15.3 Å². The van der Waals surface area contributed by atoms with Gasteiger partial charge in [0.1, 0.15) is 0 Å². The molecule has 1 atom stereocenters. The standard InChI is InChI=1S/C45H33N5O9/c1-20-9-8-10-21(2)37(20)48-40(53)29-17-23(4)32-36-30(18-22(3)31(35(29)36)44(48)57)43(56)50(45(32)58)49-41(54)27-14-12-25-33-26(13-15-28(34(27)33)42(49)55)39(52)47(38(25)51)24(19-59-5)11-6-7-16-46/h8-10,12-15,17-18,24H,6-7,11,19H2,1-5H3. The van der Waals surface area contributed by atoms with Crippen LogP contribution in [0.4, 0.5) is 5.69 Å². The van der Waals surface area contributed by atoms with Crippen LogP contribution in [0.1, 0.15) is 124 Å². The summed E-state index contributed by atoms with van der Waals surface area (Å²) in [6, 6.07) is 15.1. The van der Waals surface area contributed by atoms with E-state index in [2.05, 4.69) is 6.07 Å². The Morgan fingerprint density at radius 1 is 0.559 bits per heavy atom. The Hall–Kier alpha value is -7.37. The minimum atomic E-state index is -1.04. The highest BCUT2D eigenvalue weighted by atomic mass is 16.5. The third-order valence-corrected chi connectivity index (χ3v) is 11.8. The monoisotopic (exact) mass is 787 g/mol. The van der Waals surface area contributed by atoms with Crippen molar-refractivity contribution in [2.75, 3.05) is 18.6 Å². The predicted molar refractivity (Wildman–Crippen MR) is 211 cm³/mol. The number of para-hydroxylation sites is 1. The van der Waals surface area contributed by atoms with Crippen molar-refractivity contribution < 1.29 is 43.1 Å². The molecule has 59 heavy (non-hydrogen) atoms. The second-order valence-corrected chi connectivity index (χ2v) is 15.2. The summed E-state index contributed by atoms with van der Waals surface area (Å²) in [6.45, 7) is 6.80. The average molecular weight is 788 g/mol. The quantitative estimate of drug-likeness (QED) is 0.131. The average Bonchev–Trinajstić information content (AvgIpc) is 3.20. The lowest BCUT2D eigenvalue weighted by molar-refractivity contribution is 0.00207. The molecule has 0 spiro atoms. The van der Waals surface area contributed by atoms with Crippen LogP contribution in [0.5, 0.6) is 0 Å². The van der Waals surface area contributed by atoms with Gasteiger partial charge in [-0.1, -0.05) is 18.2 Å². The van der Waals surface area contributed by atoms with Crippen LogP contribution in [0.3, 0.4) is 0 Å². The molecule has 0 radical (unpaired) electrons. The molecule has 1 unspecified atom stereocenters. The number of anilines is 1. The molecule has 8 amide bonds. The first-order valence-electron chi connectivity index (χ1n) is 18.9. The fourth-order valence-electron chi connectivity index (χ4n) is 9.26. The number of carbonyl (C=O) groups excluding carboxylic acids is 8. The first-order valence-corrected chi connectivity index (χ1v) is 18.9. The summed E-state index contributed by atoms with van der Waals surface area (Å²) in [7, 11) is 1.44. The summed E-state index contributed by atoms with van der Waals surface area (Å²) in [6.07, 6.45) is 0.942. The molecule has 0 aliphatic carbocycles. The van der Waals surface area contributed by atoms with E-state index in [9.17, 15) is 38.4 Å². The number of carbonyl (C=O) groups is 8. The first kappa shape index (κ1) is 37.2. The van der Waals surface area contributed by atoms with Crippen LogP contribution >= 0.6 is 0 Å². The Bertz CT molecular complexity index is 2890. The molecule has 0 aromatic heterocycles. The summed E-state index contributed by atoms with van der Waals surface area (Å²) >= 11 is 0. The number of nitrogens with zero attached hydrogens (tertiary/aromatic N) is 5. The van der Waals surface area contributed by atoms with E-state index in [4.69, 9.17) is 10.00 Å². The van der Waals surface area contributed by atoms with Crippen LogP contribution in [0.15, 0.2) is 54.6 Å². The molecule has 5 aromatic carbocycles. The zero-order valence-corrected chi connectivity index (χ0v) is 32.5. The van der Waals surface area contributed by atoms with Gasteiger partial charge in [0.25, 0.3) is 47.3 Å². The van der Waals surface area contributed by atoms with Crippen LogP contribution in [-0.4, -0.2) is 81.9 Å². The Kier molecular flexibility index (Phi) is 8.25. The number of benzene rings is 5. The smallest absolute Gasteiger partial charge is 0.281 e. The highest BCUT2D eigenvalue weighted by Crippen LogP contribution is 2.45. The lowest BCUT2D eigenvalue weighted by Gasteiger charge is -2.39. The van der Waals surface area contributed by atoms with E-state index in [1.807, 2.05) is 6.07 Å². The third-order valence-electron chi connectivity index (χ3n) is 11.8. The molecule has 5 aromatic rings. The molecule has 9 rings (SSSR count). The van der Waals surface area contributed by atoms with Crippen molar-refractivity contribution in [1.82, 2.24) is 14.9 Å². The van der Waals surface area contributed by atoms with Crippen LogP contribution in [0.25, 0.3) is 21.5 Å². The summed E-state index contributed by atoms with van der Waals surface area (Å²) in [5, 5.41) is 10.4. The Morgan fingerprint density at radius 3 is 1.53 bits per heavy atom. The summed E-state index contributed by atoms with van der Waals surface area (Å²) in [5.41, 5.74) is 2.46.